The summed E-state index contributed by atoms with van der Waals surface area (Å²) in [5, 5.41) is 0.778. The van der Waals surface area contributed by atoms with Crippen LogP contribution in [0.4, 0.5) is 0 Å². The van der Waals surface area contributed by atoms with Gasteiger partial charge in [0.15, 0.2) is 0 Å². The molecular weight excluding hydrogens is 246 g/mol. The molecule has 0 spiro atoms. The van der Waals surface area contributed by atoms with E-state index in [-0.39, 0.29) is 6.04 Å². The fraction of sp³-hybridized carbons (Fsp3) is 0.500. The molecule has 1 atom stereocenters. The van der Waals surface area contributed by atoms with Crippen LogP contribution in [0.25, 0.3) is 11.0 Å². The van der Waals surface area contributed by atoms with Crippen LogP contribution in [0.15, 0.2) is 18.2 Å². The number of nitrogens with two attached hydrogens (primary N) is 1. The van der Waals surface area contributed by atoms with Crippen molar-refractivity contribution in [1.82, 2.24) is 9.55 Å². The summed E-state index contributed by atoms with van der Waals surface area (Å²) in [4.78, 5) is 4.69. The predicted octanol–water partition coefficient (Wildman–Crippen LogP) is 3.38. The number of benzene rings is 1. The minimum Gasteiger partial charge on any atom is -0.328 e. The van der Waals surface area contributed by atoms with Crippen molar-refractivity contribution in [1.29, 1.82) is 0 Å². The molecule has 0 aliphatic carbocycles. The van der Waals surface area contributed by atoms with Crippen LogP contribution in [0.1, 0.15) is 32.5 Å². The zero-order valence-electron chi connectivity index (χ0n) is 11.0. The van der Waals surface area contributed by atoms with Gasteiger partial charge in [0.2, 0.25) is 0 Å². The van der Waals surface area contributed by atoms with Crippen LogP contribution in [0, 0.1) is 0 Å². The third-order valence-electron chi connectivity index (χ3n) is 3.07. The van der Waals surface area contributed by atoms with Gasteiger partial charge in [-0.3, -0.25) is 0 Å². The third-order valence-corrected chi connectivity index (χ3v) is 3.37. The van der Waals surface area contributed by atoms with Crippen LogP contribution in [0.3, 0.4) is 0 Å². The first-order valence-electron chi connectivity index (χ1n) is 6.52. The summed E-state index contributed by atoms with van der Waals surface area (Å²) in [6.45, 7) is 5.15. The molecule has 0 saturated heterocycles. The molecule has 2 N–H and O–H groups in total. The van der Waals surface area contributed by atoms with Crippen LogP contribution in [-0.4, -0.2) is 15.6 Å². The Balaban J connectivity index is 2.44. The second kappa shape index (κ2) is 5.72. The normalized spacial score (nSPS) is 13.1. The van der Waals surface area contributed by atoms with Gasteiger partial charge in [-0.1, -0.05) is 24.6 Å². The topological polar surface area (TPSA) is 43.8 Å². The highest BCUT2D eigenvalue weighted by Gasteiger charge is 2.12. The summed E-state index contributed by atoms with van der Waals surface area (Å²) in [5.41, 5.74) is 7.86. The van der Waals surface area contributed by atoms with Gasteiger partial charge >= 0.3 is 0 Å². The first-order chi connectivity index (χ1) is 8.63. The second-order valence-corrected chi connectivity index (χ2v) is 5.21. The lowest BCUT2D eigenvalue weighted by Gasteiger charge is -2.09. The molecule has 1 heterocycles. The number of aromatic nitrogens is 2. The van der Waals surface area contributed by atoms with Crippen molar-refractivity contribution in [3.8, 4) is 0 Å². The molecule has 0 amide bonds. The standard InChI is InChI=1S/C14H20ClN3/c1-3-9-18-13(8-7-10(2)16)17-12-6-4-5-11(15)14(12)18/h4-6,10H,3,7-9,16H2,1-2H3. The molecule has 0 fully saturated rings. The summed E-state index contributed by atoms with van der Waals surface area (Å²) in [5.74, 6) is 1.09. The Morgan fingerprint density at radius 3 is 2.89 bits per heavy atom. The first kappa shape index (κ1) is 13.4. The lowest BCUT2D eigenvalue weighted by molar-refractivity contribution is 0.601. The monoisotopic (exact) mass is 265 g/mol. The van der Waals surface area contributed by atoms with E-state index in [1.807, 2.05) is 25.1 Å². The van der Waals surface area contributed by atoms with Gasteiger partial charge in [-0.15, -0.1) is 0 Å². The maximum absolute atomic E-state index is 6.29. The Morgan fingerprint density at radius 2 is 2.22 bits per heavy atom. The average Bonchev–Trinajstić information content (AvgIpc) is 2.67. The van der Waals surface area contributed by atoms with Crippen LogP contribution in [0.5, 0.6) is 0 Å². The highest BCUT2D eigenvalue weighted by Crippen LogP contribution is 2.25. The van der Waals surface area contributed by atoms with Crippen LogP contribution in [0.2, 0.25) is 5.02 Å². The summed E-state index contributed by atoms with van der Waals surface area (Å²) < 4.78 is 2.24. The predicted molar refractivity (Wildman–Crippen MR) is 77.0 cm³/mol. The van der Waals surface area contributed by atoms with Crippen molar-refractivity contribution in [2.75, 3.05) is 0 Å². The minimum absolute atomic E-state index is 0.204. The molecule has 0 aliphatic heterocycles. The van der Waals surface area contributed by atoms with Crippen molar-refractivity contribution < 1.29 is 0 Å². The SMILES string of the molecule is CCCn1c(CCC(C)N)nc2cccc(Cl)c21. The highest BCUT2D eigenvalue weighted by molar-refractivity contribution is 6.35. The van der Waals surface area contributed by atoms with Gasteiger partial charge in [-0.05, 0) is 31.9 Å². The zero-order chi connectivity index (χ0) is 13.1. The third kappa shape index (κ3) is 2.68. The number of aryl methyl sites for hydroxylation is 2. The number of nitrogens with zero attached hydrogens (tertiary/aromatic N) is 2. The molecule has 4 heteroatoms. The van der Waals surface area contributed by atoms with Crippen LogP contribution < -0.4 is 5.73 Å². The number of fused-ring (bicyclic) bond motifs is 1. The number of halogens is 1. The van der Waals surface area contributed by atoms with Gasteiger partial charge in [0, 0.05) is 19.0 Å². The van der Waals surface area contributed by atoms with Gasteiger partial charge < -0.3 is 10.3 Å². The first-order valence-corrected chi connectivity index (χ1v) is 6.90. The molecule has 0 radical (unpaired) electrons. The molecule has 3 nitrogen and oxygen atoms in total. The molecule has 1 aromatic heterocycles. The molecule has 0 aliphatic rings. The Labute approximate surface area is 113 Å². The van der Waals surface area contributed by atoms with E-state index in [0.717, 1.165) is 47.7 Å². The number of imidazole rings is 1. The fourth-order valence-corrected chi connectivity index (χ4v) is 2.47. The number of para-hydroxylation sites is 1. The van der Waals surface area contributed by atoms with Crippen molar-refractivity contribution in [3.63, 3.8) is 0 Å². The van der Waals surface area contributed by atoms with Gasteiger partial charge in [0.05, 0.1) is 16.1 Å². The van der Waals surface area contributed by atoms with E-state index in [1.165, 1.54) is 0 Å². The van der Waals surface area contributed by atoms with Gasteiger partial charge in [-0.25, -0.2) is 4.98 Å². The summed E-state index contributed by atoms with van der Waals surface area (Å²) >= 11 is 6.29. The molecule has 98 valence electrons. The van der Waals surface area contributed by atoms with E-state index < -0.39 is 0 Å². The molecule has 2 aromatic rings. The summed E-state index contributed by atoms with van der Waals surface area (Å²) in [7, 11) is 0. The highest BCUT2D eigenvalue weighted by atomic mass is 35.5. The molecular formula is C14H20ClN3. The average molecular weight is 266 g/mol. The Morgan fingerprint density at radius 1 is 1.44 bits per heavy atom. The maximum Gasteiger partial charge on any atom is 0.109 e. The molecule has 2 rings (SSSR count). The summed E-state index contributed by atoms with van der Waals surface area (Å²) in [6.07, 6.45) is 2.93. The van der Waals surface area contributed by atoms with Gasteiger partial charge in [0.1, 0.15) is 5.82 Å². The second-order valence-electron chi connectivity index (χ2n) is 4.80. The maximum atomic E-state index is 6.29. The Bertz CT molecular complexity index is 531. The number of rotatable bonds is 5. The van der Waals surface area contributed by atoms with Crippen molar-refractivity contribution in [2.45, 2.75) is 45.7 Å². The van der Waals surface area contributed by atoms with Crippen molar-refractivity contribution in [3.05, 3.63) is 29.0 Å². The van der Waals surface area contributed by atoms with E-state index >= 15 is 0 Å². The van der Waals surface area contributed by atoms with E-state index in [0.29, 0.717) is 0 Å². The van der Waals surface area contributed by atoms with Gasteiger partial charge in [-0.2, -0.15) is 0 Å². The fourth-order valence-electron chi connectivity index (χ4n) is 2.20. The van der Waals surface area contributed by atoms with Crippen LogP contribution >= 0.6 is 11.6 Å². The van der Waals surface area contributed by atoms with E-state index in [4.69, 9.17) is 17.3 Å². The number of hydrogen-bond donors (Lipinski definition) is 1. The molecule has 0 bridgehead atoms. The van der Waals surface area contributed by atoms with Crippen molar-refractivity contribution in [2.24, 2.45) is 5.73 Å². The van der Waals surface area contributed by atoms with Crippen LogP contribution in [-0.2, 0) is 13.0 Å². The van der Waals surface area contributed by atoms with E-state index in [2.05, 4.69) is 16.5 Å². The van der Waals surface area contributed by atoms with Gasteiger partial charge in [0.25, 0.3) is 0 Å². The van der Waals surface area contributed by atoms with E-state index in [9.17, 15) is 0 Å². The minimum atomic E-state index is 0.204. The largest absolute Gasteiger partial charge is 0.328 e. The Hall–Kier alpha value is -1.06. The molecule has 1 aromatic carbocycles. The molecule has 1 unspecified atom stereocenters. The quantitative estimate of drug-likeness (QED) is 0.901. The zero-order valence-corrected chi connectivity index (χ0v) is 11.7. The number of hydrogen-bond acceptors (Lipinski definition) is 2. The lowest BCUT2D eigenvalue weighted by atomic mass is 10.2. The Kier molecular flexibility index (Phi) is 4.25. The smallest absolute Gasteiger partial charge is 0.109 e. The lowest BCUT2D eigenvalue weighted by Crippen LogP contribution is -2.16. The van der Waals surface area contributed by atoms with Crippen molar-refractivity contribution >= 4 is 22.6 Å². The molecule has 0 saturated carbocycles. The molecule has 18 heavy (non-hydrogen) atoms. The van der Waals surface area contributed by atoms with E-state index in [1.54, 1.807) is 0 Å². The summed E-state index contributed by atoms with van der Waals surface area (Å²) in [6, 6.07) is 6.09.